The zero-order valence-corrected chi connectivity index (χ0v) is 27.7. The van der Waals surface area contributed by atoms with Gasteiger partial charge in [-0.3, -0.25) is 9.59 Å². The monoisotopic (exact) mass is 722 g/mol. The normalized spacial score (nSPS) is 12.9. The summed E-state index contributed by atoms with van der Waals surface area (Å²) in [5, 5.41) is 2.98. The number of nitrogens with zero attached hydrogens (tertiary/aromatic N) is 7. The molecule has 3 aromatic heterocycles. The number of imide groups is 1. The van der Waals surface area contributed by atoms with Crippen molar-refractivity contribution in [3.63, 3.8) is 0 Å². The fourth-order valence-corrected chi connectivity index (χ4v) is 7.27. The number of benzene rings is 5. The Kier molecular flexibility index (Phi) is 6.38. The summed E-state index contributed by atoms with van der Waals surface area (Å²) in [5.41, 5.74) is 6.38. The molecule has 1 radical (unpaired) electrons. The summed E-state index contributed by atoms with van der Waals surface area (Å²) in [6, 6.07) is 35.8. The molecular weight excluding hydrogens is 702 g/mol. The van der Waals surface area contributed by atoms with Gasteiger partial charge in [-0.2, -0.15) is 0 Å². The zero-order valence-electron chi connectivity index (χ0n) is 26.7. The van der Waals surface area contributed by atoms with Gasteiger partial charge in [0.2, 0.25) is 0 Å². The number of hydrogen-bond donors (Lipinski definition) is 2. The predicted molar refractivity (Wildman–Crippen MR) is 194 cm³/mol. The van der Waals surface area contributed by atoms with Crippen molar-refractivity contribution in [2.24, 2.45) is 0 Å². The molecule has 3 aliphatic rings. The van der Waals surface area contributed by atoms with Gasteiger partial charge in [-0.1, -0.05) is 97.1 Å². The van der Waals surface area contributed by atoms with Crippen molar-refractivity contribution in [3.05, 3.63) is 126 Å². The van der Waals surface area contributed by atoms with E-state index >= 15 is 0 Å². The summed E-state index contributed by atoms with van der Waals surface area (Å²) >= 11 is 0. The summed E-state index contributed by atoms with van der Waals surface area (Å²) in [5.74, 6) is 1.05. The molecule has 5 aromatic carbocycles. The molecule has 0 unspecified atom stereocenters. The van der Waals surface area contributed by atoms with Crippen LogP contribution in [0.25, 0.3) is 89.7 Å². The third-order valence-electron chi connectivity index (χ3n) is 9.59. The van der Waals surface area contributed by atoms with Crippen molar-refractivity contribution in [2.45, 2.75) is 0 Å². The van der Waals surface area contributed by atoms with E-state index in [0.717, 1.165) is 33.0 Å². The van der Waals surface area contributed by atoms with Gasteiger partial charge in [0.1, 0.15) is 22.6 Å². The Balaban J connectivity index is 0.00000338. The fourth-order valence-electron chi connectivity index (χ4n) is 7.27. The number of amides is 2. The molecule has 0 aliphatic carbocycles. The van der Waals surface area contributed by atoms with Gasteiger partial charge >= 0.3 is 0 Å². The first kappa shape index (κ1) is 30.0. The topological polar surface area (TPSA) is 146 Å². The van der Waals surface area contributed by atoms with Gasteiger partial charge in [0.25, 0.3) is 11.8 Å². The molecule has 8 bridgehead atoms. The summed E-state index contributed by atoms with van der Waals surface area (Å²) < 4.78 is 0. The Morgan fingerprint density at radius 2 is 0.750 bits per heavy atom. The molecular formula is C40H21CuN9O2. The maximum atomic E-state index is 13.8. The Morgan fingerprint density at radius 3 is 1.23 bits per heavy atom. The number of nitrogens with one attached hydrogen (secondary N) is 2. The Labute approximate surface area is 304 Å². The first-order valence-electron chi connectivity index (χ1n) is 16.3. The minimum Gasteiger partial charge on any atom is -0.324 e. The molecule has 11 nitrogen and oxygen atoms in total. The predicted octanol–water partition coefficient (Wildman–Crippen LogP) is 7.67. The van der Waals surface area contributed by atoms with E-state index in [1.165, 1.54) is 4.90 Å². The number of carbonyl (C=O) groups is 2. The van der Waals surface area contributed by atoms with Crippen LogP contribution in [0, 0.1) is 0 Å². The third-order valence-corrected chi connectivity index (χ3v) is 9.59. The van der Waals surface area contributed by atoms with Crippen molar-refractivity contribution in [3.8, 4) is 45.6 Å². The molecule has 0 spiro atoms. The molecule has 249 valence electrons. The van der Waals surface area contributed by atoms with E-state index < -0.39 is 11.8 Å². The number of anilines is 1. The molecule has 0 saturated heterocycles. The number of H-pyrrole nitrogens is 2. The fraction of sp³-hybridized carbons (Fsp3) is 0. The second kappa shape index (κ2) is 11.1. The second-order valence-electron chi connectivity index (χ2n) is 12.4. The molecule has 11 rings (SSSR count). The average Bonchev–Trinajstić information content (AvgIpc) is 3.95. The van der Waals surface area contributed by atoms with Crippen molar-refractivity contribution >= 4 is 61.6 Å². The average molecular weight is 723 g/mol. The van der Waals surface area contributed by atoms with E-state index in [-0.39, 0.29) is 17.1 Å². The first-order chi connectivity index (χ1) is 25.1. The van der Waals surface area contributed by atoms with Gasteiger partial charge in [0.05, 0.1) is 22.2 Å². The minimum absolute atomic E-state index is 0. The third kappa shape index (κ3) is 4.19. The maximum Gasteiger partial charge on any atom is 0.266 e. The molecule has 0 atom stereocenters. The molecule has 8 aromatic rings. The summed E-state index contributed by atoms with van der Waals surface area (Å²) in [6.07, 6.45) is 0. The van der Waals surface area contributed by atoms with Crippen molar-refractivity contribution < 1.29 is 26.7 Å². The number of fused-ring (bicyclic) bond motifs is 21. The number of hydrogen-bond acceptors (Lipinski definition) is 8. The minimum atomic E-state index is -0.405. The van der Waals surface area contributed by atoms with Crippen LogP contribution in [0.1, 0.15) is 20.7 Å². The molecule has 2 amide bonds. The standard InChI is InChI=1S/C40H21N9O2.Cu/c50-39-26-16-7-8-17-27(26)40(51)49(39)29-19-9-18-28-30(29)38-47-36-25-15-6-5-14-24(25)34(45-36)43-32-21-11-2-1-10-20(21)31(41-32)42-33-22-12-3-4-13-23(22)35(44-33)46-37(28)48-38;/h1-19H,(H2,41,42,43,44,45,46,47,48);. The molecule has 52 heavy (non-hydrogen) atoms. The molecule has 6 heterocycles. The summed E-state index contributed by atoms with van der Waals surface area (Å²) in [7, 11) is 0. The van der Waals surface area contributed by atoms with Gasteiger partial charge in [0.15, 0.2) is 23.3 Å². The molecule has 12 heteroatoms. The number of aromatic amines is 2. The van der Waals surface area contributed by atoms with E-state index in [1.807, 2.05) is 78.9 Å². The van der Waals surface area contributed by atoms with E-state index in [1.54, 1.807) is 36.4 Å². The van der Waals surface area contributed by atoms with Crippen LogP contribution >= 0.6 is 0 Å². The van der Waals surface area contributed by atoms with Crippen molar-refractivity contribution in [1.82, 2.24) is 39.9 Å². The van der Waals surface area contributed by atoms with Crippen LogP contribution in [0.2, 0.25) is 0 Å². The quantitative estimate of drug-likeness (QED) is 0.130. The molecule has 0 saturated carbocycles. The van der Waals surface area contributed by atoms with Gasteiger partial charge in [0, 0.05) is 55.5 Å². The van der Waals surface area contributed by atoms with E-state index in [9.17, 15) is 9.59 Å². The van der Waals surface area contributed by atoms with Gasteiger partial charge < -0.3 is 9.97 Å². The SMILES string of the molecule is O=C1c2ccccc2C(=O)N1c1cccc2c3nc4nc(nc5[nH]c(nc6nc(nc([nH]3)c12)-c1ccccc1-6)c1ccccc51)-c1ccccc1-4.[Cu]. The van der Waals surface area contributed by atoms with Gasteiger partial charge in [-0.05, 0) is 18.2 Å². The van der Waals surface area contributed by atoms with E-state index in [0.29, 0.717) is 73.5 Å². The Morgan fingerprint density at radius 1 is 0.385 bits per heavy atom. The van der Waals surface area contributed by atoms with Crippen LogP contribution in [-0.4, -0.2) is 51.7 Å². The molecule has 3 aliphatic heterocycles. The van der Waals surface area contributed by atoms with Gasteiger partial charge in [-0.25, -0.2) is 34.8 Å². The summed E-state index contributed by atoms with van der Waals surface area (Å²) in [4.78, 5) is 65.8. The molecule has 0 fully saturated rings. The smallest absolute Gasteiger partial charge is 0.266 e. The number of rotatable bonds is 1. The van der Waals surface area contributed by atoms with Crippen LogP contribution in [0.4, 0.5) is 5.69 Å². The zero-order chi connectivity index (χ0) is 33.8. The number of carbonyl (C=O) groups excluding carboxylic acids is 2. The van der Waals surface area contributed by atoms with E-state index in [2.05, 4.69) is 9.97 Å². The van der Waals surface area contributed by atoms with Crippen molar-refractivity contribution in [2.75, 3.05) is 4.90 Å². The van der Waals surface area contributed by atoms with E-state index in [4.69, 9.17) is 29.9 Å². The Hall–Kier alpha value is -6.88. The Bertz CT molecular complexity index is 3020. The maximum absolute atomic E-state index is 13.8. The van der Waals surface area contributed by atoms with Crippen LogP contribution in [0.3, 0.4) is 0 Å². The number of aromatic nitrogens is 8. The first-order valence-corrected chi connectivity index (χ1v) is 16.3. The second-order valence-corrected chi connectivity index (χ2v) is 12.4. The van der Waals surface area contributed by atoms with Crippen LogP contribution in [-0.2, 0) is 17.1 Å². The van der Waals surface area contributed by atoms with Crippen LogP contribution in [0.5, 0.6) is 0 Å². The van der Waals surface area contributed by atoms with Crippen LogP contribution < -0.4 is 4.90 Å². The molecule has 2 N–H and O–H groups in total. The summed E-state index contributed by atoms with van der Waals surface area (Å²) in [6.45, 7) is 0. The van der Waals surface area contributed by atoms with Gasteiger partial charge in [-0.15, -0.1) is 0 Å². The largest absolute Gasteiger partial charge is 0.324 e. The van der Waals surface area contributed by atoms with Crippen LogP contribution in [0.15, 0.2) is 115 Å². The van der Waals surface area contributed by atoms with Crippen molar-refractivity contribution in [1.29, 1.82) is 0 Å².